The first-order chi connectivity index (χ1) is 8.59. The molecule has 0 saturated carbocycles. The Morgan fingerprint density at radius 3 is 2.00 bits per heavy atom. The fourth-order valence-corrected chi connectivity index (χ4v) is 2.76. The molecule has 1 aromatic rings. The molecule has 7 heteroatoms. The third-order valence-electron chi connectivity index (χ3n) is 2.73. The Morgan fingerprint density at radius 2 is 1.56 bits per heavy atom. The lowest BCUT2D eigenvalue weighted by molar-refractivity contribution is -0.120. The Morgan fingerprint density at radius 1 is 1.00 bits per heavy atom. The summed E-state index contributed by atoms with van der Waals surface area (Å²) in [5.74, 6) is -1.73. The van der Waals surface area contributed by atoms with Gasteiger partial charge in [0, 0.05) is 0 Å². The van der Waals surface area contributed by atoms with Crippen molar-refractivity contribution in [1.82, 2.24) is 10.2 Å². The minimum atomic E-state index is -1.11. The normalized spacial score (nSPS) is 22.4. The van der Waals surface area contributed by atoms with E-state index in [2.05, 4.69) is 5.32 Å². The highest BCUT2D eigenvalue weighted by atomic mass is 32.2. The largest absolute Gasteiger partial charge is 0.288 e. The van der Waals surface area contributed by atoms with E-state index in [0.29, 0.717) is 11.8 Å². The van der Waals surface area contributed by atoms with Crippen molar-refractivity contribution in [2.45, 2.75) is 5.37 Å². The van der Waals surface area contributed by atoms with Crippen LogP contribution in [0.4, 0.5) is 4.79 Å². The zero-order valence-corrected chi connectivity index (χ0v) is 9.69. The number of imide groups is 2. The smallest absolute Gasteiger partial charge is 0.284 e. The van der Waals surface area contributed by atoms with Gasteiger partial charge in [-0.25, -0.2) is 0 Å². The van der Waals surface area contributed by atoms with Crippen LogP contribution in [0.1, 0.15) is 20.7 Å². The number of nitrogens with zero attached hydrogens (tertiary/aromatic N) is 1. The second kappa shape index (κ2) is 3.67. The van der Waals surface area contributed by atoms with Crippen LogP contribution in [0.15, 0.2) is 24.3 Å². The standard InChI is InChI=1S/C11H6N2O4S/c14-7-10(18-11(17)12-7)13-8(15)5-3-1-2-4-6(5)9(13)16/h1-4,10H,(H,12,14,17). The van der Waals surface area contributed by atoms with Gasteiger partial charge in [0.25, 0.3) is 23.0 Å². The minimum absolute atomic E-state index is 0.259. The highest BCUT2D eigenvalue weighted by Crippen LogP contribution is 2.31. The van der Waals surface area contributed by atoms with E-state index in [1.165, 1.54) is 12.1 Å². The summed E-state index contributed by atoms with van der Waals surface area (Å²) in [5.41, 5.74) is 0.519. The number of nitrogens with one attached hydrogen (secondary N) is 1. The fourth-order valence-electron chi connectivity index (χ4n) is 1.94. The number of thioether (sulfide) groups is 1. The van der Waals surface area contributed by atoms with E-state index >= 15 is 0 Å². The van der Waals surface area contributed by atoms with Crippen molar-refractivity contribution in [2.24, 2.45) is 0 Å². The first-order valence-corrected chi connectivity index (χ1v) is 5.96. The molecular weight excluding hydrogens is 256 g/mol. The average Bonchev–Trinajstić information content (AvgIpc) is 2.79. The molecule has 18 heavy (non-hydrogen) atoms. The molecule has 90 valence electrons. The lowest BCUT2D eigenvalue weighted by Gasteiger charge is -2.17. The maximum absolute atomic E-state index is 12.0. The van der Waals surface area contributed by atoms with Gasteiger partial charge in [0.05, 0.1) is 11.1 Å². The summed E-state index contributed by atoms with van der Waals surface area (Å²) in [6.45, 7) is 0. The van der Waals surface area contributed by atoms with Crippen molar-refractivity contribution in [3.8, 4) is 0 Å². The summed E-state index contributed by atoms with van der Waals surface area (Å²) >= 11 is 0.634. The third kappa shape index (κ3) is 1.37. The lowest BCUT2D eigenvalue weighted by Crippen LogP contribution is -2.42. The van der Waals surface area contributed by atoms with Crippen LogP contribution < -0.4 is 5.32 Å². The zero-order chi connectivity index (χ0) is 12.9. The quantitative estimate of drug-likeness (QED) is 0.749. The lowest BCUT2D eigenvalue weighted by atomic mass is 10.1. The van der Waals surface area contributed by atoms with Crippen molar-refractivity contribution in [3.63, 3.8) is 0 Å². The molecule has 4 amide bonds. The molecule has 1 aromatic carbocycles. The molecule has 2 heterocycles. The molecule has 0 aliphatic carbocycles. The molecular formula is C11H6N2O4S. The second-order valence-electron chi connectivity index (χ2n) is 3.77. The number of carbonyl (C=O) groups excluding carboxylic acids is 4. The summed E-state index contributed by atoms with van der Waals surface area (Å²) in [7, 11) is 0. The van der Waals surface area contributed by atoms with Gasteiger partial charge in [-0.05, 0) is 23.9 Å². The molecule has 1 saturated heterocycles. The van der Waals surface area contributed by atoms with Crippen LogP contribution in [0.25, 0.3) is 0 Å². The Balaban J connectivity index is 2.02. The molecule has 3 rings (SSSR count). The molecule has 1 N–H and O–H groups in total. The number of carbonyl (C=O) groups is 4. The predicted octanol–water partition coefficient (Wildman–Crippen LogP) is 0.592. The van der Waals surface area contributed by atoms with Gasteiger partial charge in [0.1, 0.15) is 0 Å². The zero-order valence-electron chi connectivity index (χ0n) is 8.88. The highest BCUT2D eigenvalue weighted by molar-refractivity contribution is 8.15. The van der Waals surface area contributed by atoms with Crippen LogP contribution in [0.3, 0.4) is 0 Å². The average molecular weight is 262 g/mol. The Hall–Kier alpha value is -2.15. The molecule has 0 radical (unpaired) electrons. The summed E-state index contributed by atoms with van der Waals surface area (Å²) in [6.07, 6.45) is 0. The number of hydrogen-bond acceptors (Lipinski definition) is 5. The number of rotatable bonds is 1. The summed E-state index contributed by atoms with van der Waals surface area (Å²) < 4.78 is 0. The van der Waals surface area contributed by atoms with Crippen molar-refractivity contribution >= 4 is 34.7 Å². The molecule has 2 aliphatic rings. The van der Waals surface area contributed by atoms with Gasteiger partial charge in [-0.3, -0.25) is 29.4 Å². The van der Waals surface area contributed by atoms with E-state index in [9.17, 15) is 19.2 Å². The summed E-state index contributed by atoms with van der Waals surface area (Å²) in [4.78, 5) is 47.5. The molecule has 6 nitrogen and oxygen atoms in total. The monoisotopic (exact) mass is 262 g/mol. The first kappa shape index (κ1) is 11.0. The van der Waals surface area contributed by atoms with Crippen molar-refractivity contribution < 1.29 is 19.2 Å². The Bertz CT molecular complexity index is 578. The van der Waals surface area contributed by atoms with Gasteiger partial charge in [0.2, 0.25) is 0 Å². The molecule has 1 atom stereocenters. The first-order valence-electron chi connectivity index (χ1n) is 5.08. The van der Waals surface area contributed by atoms with E-state index in [1.807, 2.05) is 0 Å². The van der Waals surface area contributed by atoms with Gasteiger partial charge >= 0.3 is 0 Å². The van der Waals surface area contributed by atoms with Crippen molar-refractivity contribution in [1.29, 1.82) is 0 Å². The Labute approximate surface area is 105 Å². The van der Waals surface area contributed by atoms with Crippen LogP contribution in [0.5, 0.6) is 0 Å². The molecule has 2 aliphatic heterocycles. The summed E-state index contributed by atoms with van der Waals surface area (Å²) in [5, 5.41) is 0.390. The SMILES string of the molecule is O=C1NC(=O)C(N2C(=O)c3ccccc3C2=O)S1. The predicted molar refractivity (Wildman–Crippen MR) is 61.9 cm³/mol. The van der Waals surface area contributed by atoms with Gasteiger partial charge < -0.3 is 0 Å². The van der Waals surface area contributed by atoms with Gasteiger partial charge in [-0.15, -0.1) is 0 Å². The Kier molecular flexibility index (Phi) is 2.24. The van der Waals surface area contributed by atoms with Crippen LogP contribution in [-0.2, 0) is 4.79 Å². The maximum Gasteiger partial charge on any atom is 0.288 e. The number of fused-ring (bicyclic) bond motifs is 1. The van der Waals surface area contributed by atoms with Crippen LogP contribution in [0, 0.1) is 0 Å². The molecule has 0 bridgehead atoms. The maximum atomic E-state index is 12.0. The molecule has 0 aromatic heterocycles. The van der Waals surface area contributed by atoms with Crippen LogP contribution >= 0.6 is 11.8 Å². The number of hydrogen-bond donors (Lipinski definition) is 1. The minimum Gasteiger partial charge on any atom is -0.284 e. The van der Waals surface area contributed by atoms with E-state index in [0.717, 1.165) is 4.90 Å². The van der Waals surface area contributed by atoms with Gasteiger partial charge in [-0.1, -0.05) is 12.1 Å². The summed E-state index contributed by atoms with van der Waals surface area (Å²) in [6, 6.07) is 6.32. The van der Waals surface area contributed by atoms with Gasteiger partial charge in [0.15, 0.2) is 5.37 Å². The van der Waals surface area contributed by atoms with E-state index in [4.69, 9.17) is 0 Å². The van der Waals surface area contributed by atoms with Gasteiger partial charge in [-0.2, -0.15) is 0 Å². The number of benzene rings is 1. The van der Waals surface area contributed by atoms with Crippen molar-refractivity contribution in [2.75, 3.05) is 0 Å². The van der Waals surface area contributed by atoms with E-state index in [1.54, 1.807) is 12.1 Å². The third-order valence-corrected chi connectivity index (χ3v) is 3.69. The number of amides is 4. The van der Waals surface area contributed by atoms with E-state index in [-0.39, 0.29) is 11.1 Å². The molecule has 1 unspecified atom stereocenters. The van der Waals surface area contributed by atoms with Crippen molar-refractivity contribution in [3.05, 3.63) is 35.4 Å². The van der Waals surface area contributed by atoms with Crippen LogP contribution in [0.2, 0.25) is 0 Å². The van der Waals surface area contributed by atoms with Crippen LogP contribution in [-0.4, -0.2) is 33.2 Å². The highest BCUT2D eigenvalue weighted by Gasteiger charge is 2.47. The topological polar surface area (TPSA) is 83.6 Å². The molecule has 0 spiro atoms. The second-order valence-corrected chi connectivity index (χ2v) is 4.83. The van der Waals surface area contributed by atoms with E-state index < -0.39 is 28.3 Å². The molecule has 1 fully saturated rings. The fraction of sp³-hybridized carbons (Fsp3) is 0.0909.